The van der Waals surface area contributed by atoms with Crippen LogP contribution in [0.2, 0.25) is 0 Å². The fourth-order valence-corrected chi connectivity index (χ4v) is 3.73. The molecule has 0 aliphatic heterocycles. The fourth-order valence-electron chi connectivity index (χ4n) is 3.73. The van der Waals surface area contributed by atoms with E-state index in [4.69, 9.17) is 10.5 Å². The first-order chi connectivity index (χ1) is 15.1. The SMILES string of the molecule is Cc1cc(OCc2c(F)cccc2F)c2nc(C)c(C(=O)CCC(C)(N)CCCF)n2c1. The average Bonchev–Trinajstić information content (AvgIpc) is 3.06. The lowest BCUT2D eigenvalue weighted by Crippen LogP contribution is -2.36. The van der Waals surface area contributed by atoms with E-state index in [9.17, 15) is 18.0 Å². The van der Waals surface area contributed by atoms with Gasteiger partial charge in [-0.3, -0.25) is 13.6 Å². The topological polar surface area (TPSA) is 69.6 Å². The molecule has 3 rings (SSSR count). The Kier molecular flexibility index (Phi) is 7.23. The summed E-state index contributed by atoms with van der Waals surface area (Å²) in [5.41, 5.74) is 7.50. The molecule has 2 N–H and O–H groups in total. The van der Waals surface area contributed by atoms with Crippen molar-refractivity contribution in [1.82, 2.24) is 9.38 Å². The first-order valence-electron chi connectivity index (χ1n) is 10.6. The highest BCUT2D eigenvalue weighted by Crippen LogP contribution is 2.27. The van der Waals surface area contributed by atoms with E-state index >= 15 is 0 Å². The molecule has 32 heavy (non-hydrogen) atoms. The zero-order chi connectivity index (χ0) is 23.5. The number of benzene rings is 1. The van der Waals surface area contributed by atoms with Crippen LogP contribution in [0.25, 0.3) is 5.65 Å². The largest absolute Gasteiger partial charge is 0.485 e. The molecule has 8 heteroatoms. The van der Waals surface area contributed by atoms with E-state index < -0.39 is 23.8 Å². The van der Waals surface area contributed by atoms with Crippen LogP contribution in [0.1, 0.15) is 59.9 Å². The molecule has 0 aliphatic rings. The Labute approximate surface area is 185 Å². The number of rotatable bonds is 10. The molecule has 0 radical (unpaired) electrons. The van der Waals surface area contributed by atoms with Crippen LogP contribution in [0.15, 0.2) is 30.5 Å². The standard InChI is InChI=1S/C24H28F3N3O2/c1-15-12-21(32-14-17-18(26)6-4-7-19(17)27)23-29-16(2)22(30(23)13-15)20(31)8-10-24(3,28)9-5-11-25/h4,6-7,12-13H,5,8-11,14,28H2,1-3H3. The molecule has 3 aromatic rings. The normalized spacial score (nSPS) is 13.3. The molecule has 0 aliphatic carbocycles. The molecule has 0 saturated heterocycles. The number of nitrogens with two attached hydrogens (primary N) is 1. The molecule has 2 aromatic heterocycles. The molecular formula is C24H28F3N3O2. The van der Waals surface area contributed by atoms with Gasteiger partial charge in [0, 0.05) is 18.2 Å². The minimum atomic E-state index is -0.693. The van der Waals surface area contributed by atoms with Crippen molar-refractivity contribution in [3.05, 3.63) is 64.6 Å². The summed E-state index contributed by atoms with van der Waals surface area (Å²) in [6, 6.07) is 5.34. The summed E-state index contributed by atoms with van der Waals surface area (Å²) in [6.45, 7) is 4.61. The first-order valence-corrected chi connectivity index (χ1v) is 10.6. The Morgan fingerprint density at radius 1 is 1.22 bits per heavy atom. The maximum absolute atomic E-state index is 14.0. The third-order valence-corrected chi connectivity index (χ3v) is 5.50. The summed E-state index contributed by atoms with van der Waals surface area (Å²) in [7, 11) is 0. The van der Waals surface area contributed by atoms with Gasteiger partial charge in [0.15, 0.2) is 17.2 Å². The fraction of sp³-hybridized carbons (Fsp3) is 0.417. The lowest BCUT2D eigenvalue weighted by molar-refractivity contribution is 0.0963. The molecule has 2 heterocycles. The second-order valence-electron chi connectivity index (χ2n) is 8.48. The number of carbonyl (C=O) groups excluding carboxylic acids is 1. The van der Waals surface area contributed by atoms with E-state index in [2.05, 4.69) is 4.98 Å². The predicted octanol–water partition coefficient (Wildman–Crippen LogP) is 5.24. The summed E-state index contributed by atoms with van der Waals surface area (Å²) in [5, 5.41) is 0. The Balaban J connectivity index is 1.86. The number of ketones is 1. The van der Waals surface area contributed by atoms with Gasteiger partial charge < -0.3 is 10.5 Å². The van der Waals surface area contributed by atoms with Crippen LogP contribution in [-0.4, -0.2) is 27.4 Å². The number of hydrogen-bond donors (Lipinski definition) is 1. The number of nitrogens with zero attached hydrogens (tertiary/aromatic N) is 2. The van der Waals surface area contributed by atoms with Crippen molar-refractivity contribution in [2.75, 3.05) is 6.67 Å². The van der Waals surface area contributed by atoms with Gasteiger partial charge >= 0.3 is 0 Å². The second kappa shape index (κ2) is 9.73. The van der Waals surface area contributed by atoms with Crippen LogP contribution in [0.3, 0.4) is 0 Å². The number of hydrogen-bond acceptors (Lipinski definition) is 4. The summed E-state index contributed by atoms with van der Waals surface area (Å²) in [4.78, 5) is 17.5. The van der Waals surface area contributed by atoms with Crippen LogP contribution in [0.5, 0.6) is 5.75 Å². The molecule has 1 atom stereocenters. The zero-order valence-electron chi connectivity index (χ0n) is 18.6. The Hall–Kier alpha value is -2.87. The summed E-state index contributed by atoms with van der Waals surface area (Å²) >= 11 is 0. The van der Waals surface area contributed by atoms with E-state index in [0.29, 0.717) is 42.0 Å². The van der Waals surface area contributed by atoms with Crippen LogP contribution in [0.4, 0.5) is 13.2 Å². The molecule has 0 saturated carbocycles. The number of Topliss-reactive ketones (excluding diaryl/α,β-unsaturated/α-hetero) is 1. The van der Waals surface area contributed by atoms with Gasteiger partial charge in [-0.25, -0.2) is 13.8 Å². The Bertz CT molecular complexity index is 1110. The number of alkyl halides is 1. The van der Waals surface area contributed by atoms with Crippen molar-refractivity contribution >= 4 is 11.4 Å². The van der Waals surface area contributed by atoms with Gasteiger partial charge in [0.25, 0.3) is 0 Å². The molecule has 1 unspecified atom stereocenters. The lowest BCUT2D eigenvalue weighted by atomic mass is 9.90. The average molecular weight is 448 g/mol. The van der Waals surface area contributed by atoms with Crippen LogP contribution in [0, 0.1) is 25.5 Å². The third-order valence-electron chi connectivity index (χ3n) is 5.50. The highest BCUT2D eigenvalue weighted by atomic mass is 19.1. The second-order valence-corrected chi connectivity index (χ2v) is 8.48. The smallest absolute Gasteiger partial charge is 0.181 e. The summed E-state index contributed by atoms with van der Waals surface area (Å²) < 4.78 is 47.8. The lowest BCUT2D eigenvalue weighted by Gasteiger charge is -2.23. The maximum atomic E-state index is 14.0. The van der Waals surface area contributed by atoms with Gasteiger partial charge in [0.1, 0.15) is 23.9 Å². The molecule has 0 spiro atoms. The van der Waals surface area contributed by atoms with Crippen molar-refractivity contribution in [2.45, 2.75) is 58.6 Å². The van der Waals surface area contributed by atoms with Crippen LogP contribution < -0.4 is 10.5 Å². The number of fused-ring (bicyclic) bond motifs is 1. The number of ether oxygens (including phenoxy) is 1. The van der Waals surface area contributed by atoms with Crippen molar-refractivity contribution in [3.8, 4) is 5.75 Å². The van der Waals surface area contributed by atoms with Gasteiger partial charge in [-0.1, -0.05) is 6.07 Å². The van der Waals surface area contributed by atoms with E-state index in [1.165, 1.54) is 18.2 Å². The van der Waals surface area contributed by atoms with E-state index in [1.54, 1.807) is 23.6 Å². The number of carbonyl (C=O) groups is 1. The molecule has 5 nitrogen and oxygen atoms in total. The van der Waals surface area contributed by atoms with Gasteiger partial charge in [-0.15, -0.1) is 0 Å². The van der Waals surface area contributed by atoms with Gasteiger partial charge in [0.05, 0.1) is 17.9 Å². The molecule has 1 aromatic carbocycles. The monoisotopic (exact) mass is 447 g/mol. The Morgan fingerprint density at radius 3 is 2.56 bits per heavy atom. The number of imidazole rings is 1. The van der Waals surface area contributed by atoms with E-state index in [1.807, 2.05) is 13.8 Å². The number of pyridine rings is 1. The predicted molar refractivity (Wildman–Crippen MR) is 117 cm³/mol. The van der Waals surface area contributed by atoms with Crippen molar-refractivity contribution in [3.63, 3.8) is 0 Å². The molecule has 0 bridgehead atoms. The van der Waals surface area contributed by atoms with Crippen molar-refractivity contribution < 1.29 is 22.7 Å². The number of aryl methyl sites for hydroxylation is 2. The summed E-state index contributed by atoms with van der Waals surface area (Å²) in [6.07, 6.45) is 3.23. The van der Waals surface area contributed by atoms with Gasteiger partial charge in [0.2, 0.25) is 0 Å². The molecule has 0 amide bonds. The molecular weight excluding hydrogens is 419 g/mol. The quantitative estimate of drug-likeness (QED) is 0.432. The third kappa shape index (κ3) is 5.30. The Morgan fingerprint density at radius 2 is 1.91 bits per heavy atom. The van der Waals surface area contributed by atoms with Crippen molar-refractivity contribution in [2.24, 2.45) is 5.73 Å². The highest BCUT2D eigenvalue weighted by molar-refractivity contribution is 5.96. The van der Waals surface area contributed by atoms with Gasteiger partial charge in [-0.2, -0.15) is 0 Å². The maximum Gasteiger partial charge on any atom is 0.181 e. The molecule has 172 valence electrons. The minimum Gasteiger partial charge on any atom is -0.485 e. The van der Waals surface area contributed by atoms with E-state index in [0.717, 1.165) is 5.56 Å². The van der Waals surface area contributed by atoms with Crippen LogP contribution in [-0.2, 0) is 6.61 Å². The number of halogens is 3. The summed E-state index contributed by atoms with van der Waals surface area (Å²) in [5.74, 6) is -1.20. The number of aromatic nitrogens is 2. The highest BCUT2D eigenvalue weighted by Gasteiger charge is 2.24. The van der Waals surface area contributed by atoms with Crippen molar-refractivity contribution in [1.29, 1.82) is 0 Å². The van der Waals surface area contributed by atoms with E-state index in [-0.39, 0.29) is 24.4 Å². The minimum absolute atomic E-state index is 0.136. The zero-order valence-corrected chi connectivity index (χ0v) is 18.6. The first kappa shape index (κ1) is 23.8. The molecule has 0 fully saturated rings. The van der Waals surface area contributed by atoms with Gasteiger partial charge in [-0.05, 0) is 63.8 Å². The van der Waals surface area contributed by atoms with Crippen LogP contribution >= 0.6 is 0 Å².